The monoisotopic (exact) mass is 147 g/mol. The van der Waals surface area contributed by atoms with Gasteiger partial charge in [-0.25, -0.2) is 0 Å². The van der Waals surface area contributed by atoms with E-state index in [2.05, 4.69) is 6.07 Å². The minimum absolute atomic E-state index is 0.0519. The fourth-order valence-corrected chi connectivity index (χ4v) is 0.600. The van der Waals surface area contributed by atoms with Crippen LogP contribution in [0.4, 0.5) is 5.69 Å². The van der Waals surface area contributed by atoms with E-state index in [4.69, 9.17) is 5.26 Å². The zero-order valence-corrected chi connectivity index (χ0v) is 5.44. The van der Waals surface area contributed by atoms with Gasteiger partial charge in [-0.3, -0.25) is 10.1 Å². The lowest BCUT2D eigenvalue weighted by Gasteiger charge is -1.88. The molecule has 0 heterocycles. The largest absolute Gasteiger partial charge is 0.270 e. The van der Waals surface area contributed by atoms with Crippen molar-refractivity contribution >= 4 is 5.69 Å². The van der Waals surface area contributed by atoms with Crippen molar-refractivity contribution in [2.45, 2.75) is 0 Å². The molecule has 0 aliphatic carbocycles. The first kappa shape index (κ1) is 7.22. The Bertz CT molecular complexity index is 310. The first-order valence-electron chi connectivity index (χ1n) is 2.80. The third kappa shape index (κ3) is 1.52. The van der Waals surface area contributed by atoms with Crippen LogP contribution in [0.2, 0.25) is 0 Å². The molecule has 0 amide bonds. The molecule has 4 heteroatoms. The highest BCUT2D eigenvalue weighted by atomic mass is 16.6. The first-order chi connectivity index (χ1) is 5.24. The van der Waals surface area contributed by atoms with Gasteiger partial charge < -0.3 is 0 Å². The molecule has 0 saturated carbocycles. The number of hydrogen-bond acceptors (Lipinski definition) is 3. The molecule has 1 aromatic carbocycles. The molecular formula is C7H3N2O2. The van der Waals surface area contributed by atoms with E-state index in [1.54, 1.807) is 0 Å². The lowest BCUT2D eigenvalue weighted by atomic mass is 10.2. The summed E-state index contributed by atoms with van der Waals surface area (Å²) in [5, 5.41) is 18.4. The quantitative estimate of drug-likeness (QED) is 0.443. The summed E-state index contributed by atoms with van der Waals surface area (Å²) in [6.07, 6.45) is 0. The number of nitro groups is 1. The molecule has 1 aromatic rings. The summed E-state index contributed by atoms with van der Waals surface area (Å²) in [5.74, 6) is 0. The highest BCUT2D eigenvalue weighted by molar-refractivity contribution is 5.37. The highest BCUT2D eigenvalue weighted by Crippen LogP contribution is 2.09. The van der Waals surface area contributed by atoms with Crippen molar-refractivity contribution in [2.24, 2.45) is 0 Å². The van der Waals surface area contributed by atoms with Crippen LogP contribution in [0, 0.1) is 27.5 Å². The van der Waals surface area contributed by atoms with Crippen LogP contribution in [0.3, 0.4) is 0 Å². The van der Waals surface area contributed by atoms with E-state index < -0.39 is 4.92 Å². The molecule has 0 saturated heterocycles. The summed E-state index contributed by atoms with van der Waals surface area (Å²) in [6.45, 7) is 0. The number of benzene rings is 1. The van der Waals surface area contributed by atoms with Gasteiger partial charge in [0.2, 0.25) is 0 Å². The van der Waals surface area contributed by atoms with Gasteiger partial charge in [-0.1, -0.05) is 0 Å². The number of nitro benzene ring substituents is 1. The Labute approximate surface area is 62.8 Å². The predicted octanol–water partition coefficient (Wildman–Crippen LogP) is 1.27. The van der Waals surface area contributed by atoms with E-state index in [-0.39, 0.29) is 5.69 Å². The van der Waals surface area contributed by atoms with Crippen molar-refractivity contribution in [3.63, 3.8) is 0 Å². The molecule has 1 radical (unpaired) electrons. The second-order valence-corrected chi connectivity index (χ2v) is 1.83. The SMILES string of the molecule is N#Cc1[c]cc([N+](=O)[O-])cc1. The summed E-state index contributed by atoms with van der Waals surface area (Å²) < 4.78 is 0. The maximum Gasteiger partial charge on any atom is 0.270 e. The molecule has 4 nitrogen and oxygen atoms in total. The maximum absolute atomic E-state index is 10.1. The molecule has 0 bridgehead atoms. The Morgan fingerprint density at radius 2 is 2.36 bits per heavy atom. The van der Waals surface area contributed by atoms with Crippen molar-refractivity contribution in [1.82, 2.24) is 0 Å². The average Bonchev–Trinajstić information content (AvgIpc) is 2.05. The van der Waals surface area contributed by atoms with E-state index in [1.807, 2.05) is 6.07 Å². The van der Waals surface area contributed by atoms with Crippen molar-refractivity contribution in [2.75, 3.05) is 0 Å². The van der Waals surface area contributed by atoms with Crippen molar-refractivity contribution < 1.29 is 4.92 Å². The molecule has 0 aromatic heterocycles. The molecule has 11 heavy (non-hydrogen) atoms. The van der Waals surface area contributed by atoms with Gasteiger partial charge in [0, 0.05) is 18.2 Å². The summed E-state index contributed by atoms with van der Waals surface area (Å²) in [6, 6.07) is 8.09. The number of hydrogen-bond donors (Lipinski definition) is 0. The lowest BCUT2D eigenvalue weighted by Crippen LogP contribution is -1.86. The average molecular weight is 147 g/mol. The van der Waals surface area contributed by atoms with E-state index in [1.165, 1.54) is 18.2 Å². The van der Waals surface area contributed by atoms with Gasteiger partial charge in [-0.2, -0.15) is 5.26 Å². The fraction of sp³-hybridized carbons (Fsp3) is 0. The zero-order valence-electron chi connectivity index (χ0n) is 5.44. The van der Waals surface area contributed by atoms with Crippen molar-refractivity contribution in [3.05, 3.63) is 39.9 Å². The highest BCUT2D eigenvalue weighted by Gasteiger charge is 2.02. The van der Waals surface area contributed by atoms with Gasteiger partial charge in [-0.15, -0.1) is 0 Å². The second kappa shape index (κ2) is 2.80. The smallest absolute Gasteiger partial charge is 0.258 e. The van der Waals surface area contributed by atoms with Gasteiger partial charge >= 0.3 is 0 Å². The third-order valence-electron chi connectivity index (χ3n) is 1.13. The minimum atomic E-state index is -0.530. The van der Waals surface area contributed by atoms with Crippen LogP contribution in [0.5, 0.6) is 0 Å². The molecule has 0 atom stereocenters. The van der Waals surface area contributed by atoms with Gasteiger partial charge in [-0.05, 0) is 6.07 Å². The molecule has 0 N–H and O–H groups in total. The fourth-order valence-electron chi connectivity index (χ4n) is 0.600. The third-order valence-corrected chi connectivity index (χ3v) is 1.13. The molecule has 1 rings (SSSR count). The van der Waals surface area contributed by atoms with E-state index >= 15 is 0 Å². The van der Waals surface area contributed by atoms with Crippen molar-refractivity contribution in [1.29, 1.82) is 5.26 Å². The van der Waals surface area contributed by atoms with Gasteiger partial charge in [0.15, 0.2) is 0 Å². The summed E-state index contributed by atoms with van der Waals surface area (Å²) in [7, 11) is 0. The maximum atomic E-state index is 10.1. The predicted molar refractivity (Wildman–Crippen MR) is 36.6 cm³/mol. The number of non-ortho nitro benzene ring substituents is 1. The van der Waals surface area contributed by atoms with Crippen LogP contribution in [0.25, 0.3) is 0 Å². The zero-order chi connectivity index (χ0) is 8.27. The van der Waals surface area contributed by atoms with Crippen LogP contribution in [0.15, 0.2) is 18.2 Å². The normalized spacial score (nSPS) is 8.64. The Hall–Kier alpha value is -1.89. The van der Waals surface area contributed by atoms with Crippen LogP contribution in [-0.2, 0) is 0 Å². The summed E-state index contributed by atoms with van der Waals surface area (Å²) in [4.78, 5) is 9.57. The molecule has 0 spiro atoms. The number of nitriles is 1. The number of rotatable bonds is 1. The number of nitrogens with zero attached hydrogens (tertiary/aromatic N) is 2. The Balaban J connectivity index is 3.03. The summed E-state index contributed by atoms with van der Waals surface area (Å²) >= 11 is 0. The Morgan fingerprint density at radius 1 is 1.64 bits per heavy atom. The van der Waals surface area contributed by atoms with Crippen LogP contribution in [0.1, 0.15) is 5.56 Å². The molecule has 0 fully saturated rings. The van der Waals surface area contributed by atoms with Crippen LogP contribution < -0.4 is 0 Å². The molecule has 0 aliphatic rings. The van der Waals surface area contributed by atoms with Crippen LogP contribution in [-0.4, -0.2) is 4.92 Å². The lowest BCUT2D eigenvalue weighted by molar-refractivity contribution is -0.384. The van der Waals surface area contributed by atoms with Crippen molar-refractivity contribution in [3.8, 4) is 6.07 Å². The van der Waals surface area contributed by atoms with Crippen LogP contribution >= 0.6 is 0 Å². The van der Waals surface area contributed by atoms with E-state index in [9.17, 15) is 10.1 Å². The topological polar surface area (TPSA) is 66.9 Å². The van der Waals surface area contributed by atoms with Gasteiger partial charge in [0.25, 0.3) is 5.69 Å². The molecule has 53 valence electrons. The van der Waals surface area contributed by atoms with E-state index in [0.29, 0.717) is 5.56 Å². The van der Waals surface area contributed by atoms with Gasteiger partial charge in [0.05, 0.1) is 16.6 Å². The minimum Gasteiger partial charge on any atom is -0.258 e. The van der Waals surface area contributed by atoms with E-state index in [0.717, 1.165) is 0 Å². The molecular weight excluding hydrogens is 144 g/mol. The Kier molecular flexibility index (Phi) is 1.83. The standard InChI is InChI=1S/C7H3N2O2/c8-5-6-1-3-7(4-2-6)9(10)11/h1,3-4H. The van der Waals surface area contributed by atoms with Gasteiger partial charge in [0.1, 0.15) is 0 Å². The Morgan fingerprint density at radius 3 is 2.73 bits per heavy atom. The molecule has 0 unspecified atom stereocenters. The molecule has 0 aliphatic heterocycles. The second-order valence-electron chi connectivity index (χ2n) is 1.83. The first-order valence-corrected chi connectivity index (χ1v) is 2.80. The summed E-state index contributed by atoms with van der Waals surface area (Å²) in [5.41, 5.74) is 0.250.